The van der Waals surface area contributed by atoms with Gasteiger partial charge in [0.15, 0.2) is 0 Å². The Morgan fingerprint density at radius 3 is 2.85 bits per heavy atom. The Bertz CT molecular complexity index is 732. The van der Waals surface area contributed by atoms with Crippen molar-refractivity contribution >= 4 is 28.6 Å². The van der Waals surface area contributed by atoms with Crippen LogP contribution in [0, 0.1) is 6.92 Å². The Labute approximate surface area is 158 Å². The van der Waals surface area contributed by atoms with Crippen molar-refractivity contribution in [2.45, 2.75) is 13.3 Å². The van der Waals surface area contributed by atoms with E-state index in [9.17, 15) is 4.79 Å². The zero-order chi connectivity index (χ0) is 18.2. The second-order valence-corrected chi connectivity index (χ2v) is 6.90. The van der Waals surface area contributed by atoms with Crippen molar-refractivity contribution in [3.8, 4) is 0 Å². The van der Waals surface area contributed by atoms with E-state index in [4.69, 9.17) is 4.74 Å². The second-order valence-electron chi connectivity index (χ2n) is 6.17. The minimum Gasteiger partial charge on any atom is -0.368 e. The van der Waals surface area contributed by atoms with Crippen molar-refractivity contribution in [3.05, 3.63) is 47.8 Å². The van der Waals surface area contributed by atoms with Crippen molar-refractivity contribution < 1.29 is 9.53 Å². The summed E-state index contributed by atoms with van der Waals surface area (Å²) in [4.78, 5) is 20.9. The first kappa shape index (κ1) is 18.5. The predicted molar refractivity (Wildman–Crippen MR) is 104 cm³/mol. The molecule has 0 bridgehead atoms. The fraction of sp³-hybridized carbons (Fsp3) is 0.421. The summed E-state index contributed by atoms with van der Waals surface area (Å²) in [5.74, 6) is 0.854. The molecule has 2 aromatic rings. The molecule has 0 N–H and O–H groups in total. The Morgan fingerprint density at radius 2 is 2.08 bits per heavy atom. The summed E-state index contributed by atoms with van der Waals surface area (Å²) >= 11 is 1.42. The van der Waals surface area contributed by atoms with E-state index in [0.717, 1.165) is 42.6 Å². The van der Waals surface area contributed by atoms with E-state index in [1.54, 1.807) is 0 Å². The number of anilines is 1. The van der Waals surface area contributed by atoms with Gasteiger partial charge in [-0.2, -0.15) is 4.37 Å². The molecule has 1 fully saturated rings. The van der Waals surface area contributed by atoms with Crippen molar-refractivity contribution in [3.63, 3.8) is 0 Å². The number of aromatic nitrogens is 2. The number of carbonyl (C=O) groups is 1. The molecule has 0 radical (unpaired) electrons. The summed E-state index contributed by atoms with van der Waals surface area (Å²) in [5.41, 5.74) is 1.13. The minimum atomic E-state index is 0.0494. The van der Waals surface area contributed by atoms with Gasteiger partial charge in [-0.1, -0.05) is 42.5 Å². The third-order valence-corrected chi connectivity index (χ3v) is 5.05. The SMILES string of the molecule is Cc1nsc(N2CCCN(C(=O)COCC=Cc3ccccc3)CC2)n1. The summed E-state index contributed by atoms with van der Waals surface area (Å²) in [5, 5.41) is 0.944. The summed E-state index contributed by atoms with van der Waals surface area (Å²) in [6.07, 6.45) is 4.86. The quantitative estimate of drug-likeness (QED) is 0.730. The highest BCUT2D eigenvalue weighted by atomic mass is 32.1. The highest BCUT2D eigenvalue weighted by molar-refractivity contribution is 7.09. The third kappa shape index (κ3) is 5.37. The third-order valence-electron chi connectivity index (χ3n) is 4.19. The number of aryl methyl sites for hydroxylation is 1. The zero-order valence-electron chi connectivity index (χ0n) is 15.0. The van der Waals surface area contributed by atoms with Crippen molar-refractivity contribution in [1.29, 1.82) is 0 Å². The average molecular weight is 372 g/mol. The molecule has 1 saturated heterocycles. The summed E-state index contributed by atoms with van der Waals surface area (Å²) < 4.78 is 9.75. The Morgan fingerprint density at radius 1 is 1.23 bits per heavy atom. The molecule has 2 heterocycles. The first-order valence-corrected chi connectivity index (χ1v) is 9.62. The largest absolute Gasteiger partial charge is 0.368 e. The molecule has 6 nitrogen and oxygen atoms in total. The predicted octanol–water partition coefficient (Wildman–Crippen LogP) is 2.62. The van der Waals surface area contributed by atoms with Crippen LogP contribution in [0.25, 0.3) is 6.08 Å². The van der Waals surface area contributed by atoms with Gasteiger partial charge in [-0.25, -0.2) is 4.98 Å². The van der Waals surface area contributed by atoms with Crippen LogP contribution in [0.1, 0.15) is 17.8 Å². The minimum absolute atomic E-state index is 0.0494. The number of rotatable bonds is 6. The normalized spacial score (nSPS) is 15.4. The number of hydrogen-bond acceptors (Lipinski definition) is 6. The molecule has 0 atom stereocenters. The van der Waals surface area contributed by atoms with Crippen LogP contribution < -0.4 is 4.90 Å². The van der Waals surface area contributed by atoms with E-state index >= 15 is 0 Å². The van der Waals surface area contributed by atoms with Crippen molar-refractivity contribution in [2.24, 2.45) is 0 Å². The molecule has 0 spiro atoms. The van der Waals surface area contributed by atoms with E-state index in [1.165, 1.54) is 11.5 Å². The average Bonchev–Trinajstić information content (AvgIpc) is 2.94. The molecule has 26 heavy (non-hydrogen) atoms. The molecular formula is C19H24N4O2S. The van der Waals surface area contributed by atoms with E-state index in [2.05, 4.69) is 14.3 Å². The van der Waals surface area contributed by atoms with Gasteiger partial charge in [-0.05, 0) is 18.9 Å². The lowest BCUT2D eigenvalue weighted by molar-refractivity contribution is -0.135. The smallest absolute Gasteiger partial charge is 0.248 e. The van der Waals surface area contributed by atoms with Gasteiger partial charge in [-0.15, -0.1) is 0 Å². The fourth-order valence-electron chi connectivity index (χ4n) is 2.83. The van der Waals surface area contributed by atoms with E-state index < -0.39 is 0 Å². The monoisotopic (exact) mass is 372 g/mol. The van der Waals surface area contributed by atoms with Crippen molar-refractivity contribution in [2.75, 3.05) is 44.3 Å². The number of nitrogens with zero attached hydrogens (tertiary/aromatic N) is 4. The molecule has 1 aromatic heterocycles. The van der Waals surface area contributed by atoms with Crippen LogP contribution in [0.2, 0.25) is 0 Å². The molecule has 7 heteroatoms. The zero-order valence-corrected chi connectivity index (χ0v) is 15.8. The lowest BCUT2D eigenvalue weighted by Crippen LogP contribution is -2.37. The van der Waals surface area contributed by atoms with Crippen LogP contribution in [0.4, 0.5) is 5.13 Å². The van der Waals surface area contributed by atoms with Crippen LogP contribution in [0.15, 0.2) is 36.4 Å². The van der Waals surface area contributed by atoms with Crippen LogP contribution in [-0.4, -0.2) is 59.6 Å². The van der Waals surface area contributed by atoms with Crippen LogP contribution in [0.3, 0.4) is 0 Å². The fourth-order valence-corrected chi connectivity index (χ4v) is 3.55. The highest BCUT2D eigenvalue weighted by Gasteiger charge is 2.20. The highest BCUT2D eigenvalue weighted by Crippen LogP contribution is 2.18. The topological polar surface area (TPSA) is 58.6 Å². The number of ether oxygens (including phenoxy) is 1. The van der Waals surface area contributed by atoms with Gasteiger partial charge >= 0.3 is 0 Å². The summed E-state index contributed by atoms with van der Waals surface area (Å²) in [7, 11) is 0. The van der Waals surface area contributed by atoms with Crippen molar-refractivity contribution in [1.82, 2.24) is 14.3 Å². The van der Waals surface area contributed by atoms with Gasteiger partial charge in [-0.3, -0.25) is 4.79 Å². The first-order valence-electron chi connectivity index (χ1n) is 8.85. The summed E-state index contributed by atoms with van der Waals surface area (Å²) in [6.45, 7) is 5.60. The molecule has 1 aliphatic heterocycles. The van der Waals surface area contributed by atoms with Gasteiger partial charge in [0, 0.05) is 37.7 Å². The summed E-state index contributed by atoms with van der Waals surface area (Å²) in [6, 6.07) is 10.0. The van der Waals surface area contributed by atoms with Gasteiger partial charge in [0.2, 0.25) is 11.0 Å². The molecule has 0 aliphatic carbocycles. The van der Waals surface area contributed by atoms with E-state index in [0.29, 0.717) is 13.2 Å². The van der Waals surface area contributed by atoms with E-state index in [-0.39, 0.29) is 12.5 Å². The van der Waals surface area contributed by atoms with Crippen LogP contribution in [-0.2, 0) is 9.53 Å². The molecule has 0 saturated carbocycles. The maximum Gasteiger partial charge on any atom is 0.248 e. The van der Waals surface area contributed by atoms with E-state index in [1.807, 2.05) is 54.3 Å². The number of carbonyl (C=O) groups excluding carboxylic acids is 1. The lowest BCUT2D eigenvalue weighted by Gasteiger charge is -2.21. The van der Waals surface area contributed by atoms with Gasteiger partial charge < -0.3 is 14.5 Å². The van der Waals surface area contributed by atoms with Crippen LogP contribution in [0.5, 0.6) is 0 Å². The molecule has 0 unspecified atom stereocenters. The molecule has 1 aromatic carbocycles. The maximum atomic E-state index is 12.4. The molecule has 1 amide bonds. The number of amides is 1. The Kier molecular flexibility index (Phi) is 6.74. The Balaban J connectivity index is 1.40. The molecule has 1 aliphatic rings. The molecule has 138 valence electrons. The number of benzene rings is 1. The Hall–Kier alpha value is -2.25. The van der Waals surface area contributed by atoms with Crippen LogP contribution >= 0.6 is 11.5 Å². The maximum absolute atomic E-state index is 12.4. The van der Waals surface area contributed by atoms with Gasteiger partial charge in [0.25, 0.3) is 0 Å². The first-order chi connectivity index (χ1) is 12.7. The second kappa shape index (κ2) is 9.45. The van der Waals surface area contributed by atoms with Gasteiger partial charge in [0.05, 0.1) is 6.61 Å². The number of hydrogen-bond donors (Lipinski definition) is 0. The molecular weight excluding hydrogens is 348 g/mol. The van der Waals surface area contributed by atoms with Gasteiger partial charge in [0.1, 0.15) is 12.4 Å². The lowest BCUT2D eigenvalue weighted by atomic mass is 10.2. The standard InChI is InChI=1S/C19H24N4O2S/c1-16-20-19(26-21-16)23-11-6-10-22(12-13-23)18(24)15-25-14-5-9-17-7-3-2-4-8-17/h2-5,7-9H,6,10-15H2,1H3. The molecule has 3 rings (SSSR count).